The summed E-state index contributed by atoms with van der Waals surface area (Å²) >= 11 is 0. The summed E-state index contributed by atoms with van der Waals surface area (Å²) in [5.41, 5.74) is 0.596. The number of carbonyl (C=O) groups excluding carboxylic acids is 1. The first-order valence-electron chi connectivity index (χ1n) is 8.98. The summed E-state index contributed by atoms with van der Waals surface area (Å²) in [5.74, 6) is 2.23. The largest absolute Gasteiger partial charge is 0.356 e. The fourth-order valence-electron chi connectivity index (χ4n) is 3.31. The molecule has 1 aliphatic rings. The molecule has 0 radical (unpaired) electrons. The second-order valence-electron chi connectivity index (χ2n) is 6.74. The average Bonchev–Trinajstić information content (AvgIpc) is 3.12. The molecule has 0 bridgehead atoms. The van der Waals surface area contributed by atoms with Crippen molar-refractivity contribution in [3.8, 4) is 0 Å². The van der Waals surface area contributed by atoms with Crippen LogP contribution in [0.5, 0.6) is 0 Å². The van der Waals surface area contributed by atoms with E-state index in [1.807, 2.05) is 25.4 Å². The van der Waals surface area contributed by atoms with Gasteiger partial charge in [0, 0.05) is 37.8 Å². The molecule has 2 aromatic heterocycles. The molecule has 7 heteroatoms. The summed E-state index contributed by atoms with van der Waals surface area (Å²) in [5, 5.41) is 11.3. The third-order valence-corrected chi connectivity index (χ3v) is 4.62. The molecule has 0 aromatic carbocycles. The topological polar surface area (TPSA) is 75.9 Å². The first-order valence-corrected chi connectivity index (χ1v) is 8.98. The van der Waals surface area contributed by atoms with Crippen LogP contribution in [0, 0.1) is 0 Å². The van der Waals surface area contributed by atoms with Gasteiger partial charge in [0.1, 0.15) is 18.0 Å². The summed E-state index contributed by atoms with van der Waals surface area (Å²) in [6, 6.07) is 4.13. The maximum Gasteiger partial charge on any atom is 0.252 e. The zero-order valence-corrected chi connectivity index (χ0v) is 15.1. The first kappa shape index (κ1) is 17.4. The number of nitrogens with zero attached hydrogens (tertiary/aromatic N) is 5. The van der Waals surface area contributed by atoms with E-state index in [1.54, 1.807) is 6.20 Å². The van der Waals surface area contributed by atoms with Crippen molar-refractivity contribution >= 4 is 11.7 Å². The molecule has 3 heterocycles. The second-order valence-corrected chi connectivity index (χ2v) is 6.74. The minimum Gasteiger partial charge on any atom is -0.356 e. The maximum atomic E-state index is 11.9. The third-order valence-electron chi connectivity index (χ3n) is 4.62. The van der Waals surface area contributed by atoms with Crippen molar-refractivity contribution < 1.29 is 4.79 Å². The van der Waals surface area contributed by atoms with Crippen LogP contribution in [-0.4, -0.2) is 45.3 Å². The maximum absolute atomic E-state index is 11.9. The minimum absolute atomic E-state index is 0.0805. The molecule has 3 rings (SSSR count). The van der Waals surface area contributed by atoms with Crippen LogP contribution in [0.25, 0.3) is 0 Å². The van der Waals surface area contributed by atoms with Crippen LogP contribution in [0.15, 0.2) is 24.7 Å². The zero-order valence-electron chi connectivity index (χ0n) is 15.1. The molecule has 1 amide bonds. The van der Waals surface area contributed by atoms with Gasteiger partial charge in [0.25, 0.3) is 5.91 Å². The number of carbonyl (C=O) groups is 1. The SMILES string of the molecule is CCNC(=O)c1ccc(N2CCCC(c3nncn3C(C)C)C2)nc1. The van der Waals surface area contributed by atoms with Crippen LogP contribution in [0.2, 0.25) is 0 Å². The molecule has 25 heavy (non-hydrogen) atoms. The average molecular weight is 342 g/mol. The summed E-state index contributed by atoms with van der Waals surface area (Å²) in [7, 11) is 0. The lowest BCUT2D eigenvalue weighted by Crippen LogP contribution is -2.36. The Bertz CT molecular complexity index is 709. The Kier molecular flexibility index (Phi) is 5.31. The summed E-state index contributed by atoms with van der Waals surface area (Å²) in [4.78, 5) is 18.6. The van der Waals surface area contributed by atoms with Gasteiger partial charge in [-0.25, -0.2) is 4.98 Å². The highest BCUT2D eigenvalue weighted by Crippen LogP contribution is 2.29. The standard InChI is InChI=1S/C18H26N6O/c1-4-19-18(25)14-7-8-16(20-10-14)23-9-5-6-15(11-23)17-22-21-12-24(17)13(2)3/h7-8,10,12-13,15H,4-6,9,11H2,1-3H3,(H,19,25). The number of amides is 1. The van der Waals surface area contributed by atoms with E-state index in [-0.39, 0.29) is 5.91 Å². The molecule has 0 spiro atoms. The molecule has 134 valence electrons. The number of anilines is 1. The number of piperidine rings is 1. The molecule has 1 atom stereocenters. The van der Waals surface area contributed by atoms with Crippen LogP contribution in [0.3, 0.4) is 0 Å². The van der Waals surface area contributed by atoms with Crippen LogP contribution in [0.4, 0.5) is 5.82 Å². The van der Waals surface area contributed by atoms with E-state index in [9.17, 15) is 4.79 Å². The molecule has 2 aromatic rings. The number of hydrogen-bond acceptors (Lipinski definition) is 5. The quantitative estimate of drug-likeness (QED) is 0.903. The monoisotopic (exact) mass is 342 g/mol. The van der Waals surface area contributed by atoms with E-state index in [2.05, 4.69) is 43.8 Å². The second kappa shape index (κ2) is 7.63. The molecule has 1 aliphatic heterocycles. The van der Waals surface area contributed by atoms with Crippen molar-refractivity contribution in [1.29, 1.82) is 0 Å². The molecular formula is C18H26N6O. The van der Waals surface area contributed by atoms with E-state index in [4.69, 9.17) is 0 Å². The Morgan fingerprint density at radius 2 is 2.24 bits per heavy atom. The van der Waals surface area contributed by atoms with Gasteiger partial charge >= 0.3 is 0 Å². The van der Waals surface area contributed by atoms with Gasteiger partial charge in [0.2, 0.25) is 0 Å². The van der Waals surface area contributed by atoms with E-state index in [1.165, 1.54) is 0 Å². The predicted octanol–water partition coefficient (Wildman–Crippen LogP) is 2.39. The minimum atomic E-state index is -0.0805. The Labute approximate surface area is 148 Å². The van der Waals surface area contributed by atoms with Crippen LogP contribution >= 0.6 is 0 Å². The van der Waals surface area contributed by atoms with Crippen LogP contribution in [0.1, 0.15) is 61.8 Å². The highest BCUT2D eigenvalue weighted by atomic mass is 16.1. The van der Waals surface area contributed by atoms with Crippen molar-refractivity contribution in [3.05, 3.63) is 36.0 Å². The molecular weight excluding hydrogens is 316 g/mol. The van der Waals surface area contributed by atoms with Crippen molar-refractivity contribution in [1.82, 2.24) is 25.1 Å². The van der Waals surface area contributed by atoms with E-state index in [0.717, 1.165) is 37.6 Å². The van der Waals surface area contributed by atoms with Gasteiger partial charge in [-0.1, -0.05) is 0 Å². The van der Waals surface area contributed by atoms with Gasteiger partial charge in [-0.3, -0.25) is 4.79 Å². The Hall–Kier alpha value is -2.44. The smallest absolute Gasteiger partial charge is 0.252 e. The lowest BCUT2D eigenvalue weighted by Gasteiger charge is -2.33. The van der Waals surface area contributed by atoms with Crippen molar-refractivity contribution in [3.63, 3.8) is 0 Å². The van der Waals surface area contributed by atoms with E-state index < -0.39 is 0 Å². The first-order chi connectivity index (χ1) is 12.1. The zero-order chi connectivity index (χ0) is 17.8. The highest BCUT2D eigenvalue weighted by molar-refractivity contribution is 5.93. The van der Waals surface area contributed by atoms with Crippen molar-refractivity contribution in [2.45, 2.75) is 45.6 Å². The van der Waals surface area contributed by atoms with Gasteiger partial charge in [-0.2, -0.15) is 0 Å². The fourth-order valence-corrected chi connectivity index (χ4v) is 3.31. The van der Waals surface area contributed by atoms with Crippen LogP contribution < -0.4 is 10.2 Å². The summed E-state index contributed by atoms with van der Waals surface area (Å²) < 4.78 is 2.15. The molecule has 1 N–H and O–H groups in total. The predicted molar refractivity (Wildman–Crippen MR) is 96.8 cm³/mol. The molecule has 0 saturated carbocycles. The fraction of sp³-hybridized carbons (Fsp3) is 0.556. The normalized spacial score (nSPS) is 17.8. The Morgan fingerprint density at radius 3 is 2.92 bits per heavy atom. The number of aromatic nitrogens is 4. The number of pyridine rings is 1. The van der Waals surface area contributed by atoms with E-state index >= 15 is 0 Å². The molecule has 0 aliphatic carbocycles. The van der Waals surface area contributed by atoms with Gasteiger partial charge in [-0.05, 0) is 45.7 Å². The third kappa shape index (κ3) is 3.81. The molecule has 7 nitrogen and oxygen atoms in total. The molecule has 1 saturated heterocycles. The van der Waals surface area contributed by atoms with Gasteiger partial charge in [-0.15, -0.1) is 10.2 Å². The van der Waals surface area contributed by atoms with Gasteiger partial charge < -0.3 is 14.8 Å². The molecule has 1 fully saturated rings. The van der Waals surface area contributed by atoms with Crippen LogP contribution in [-0.2, 0) is 0 Å². The van der Waals surface area contributed by atoms with Gasteiger partial charge in [0.05, 0.1) is 5.56 Å². The molecule has 1 unspecified atom stereocenters. The highest BCUT2D eigenvalue weighted by Gasteiger charge is 2.26. The lowest BCUT2D eigenvalue weighted by molar-refractivity contribution is 0.0955. The van der Waals surface area contributed by atoms with Crippen molar-refractivity contribution in [2.75, 3.05) is 24.5 Å². The lowest BCUT2D eigenvalue weighted by atomic mass is 9.97. The number of hydrogen-bond donors (Lipinski definition) is 1. The number of rotatable bonds is 5. The van der Waals surface area contributed by atoms with E-state index in [0.29, 0.717) is 24.1 Å². The van der Waals surface area contributed by atoms with Gasteiger partial charge in [0.15, 0.2) is 0 Å². The Balaban J connectivity index is 1.73. The van der Waals surface area contributed by atoms with Crippen molar-refractivity contribution in [2.24, 2.45) is 0 Å². The summed E-state index contributed by atoms with van der Waals surface area (Å²) in [6.45, 7) is 8.66. The number of nitrogens with one attached hydrogen (secondary N) is 1. The Morgan fingerprint density at radius 1 is 1.40 bits per heavy atom. The summed E-state index contributed by atoms with van der Waals surface area (Å²) in [6.07, 6.45) is 5.67.